The van der Waals surface area contributed by atoms with Crippen LogP contribution in [0.4, 0.5) is 0 Å². The minimum Gasteiger partial charge on any atom is -0.347 e. The summed E-state index contributed by atoms with van der Waals surface area (Å²) in [6.45, 7) is 0.526. The summed E-state index contributed by atoms with van der Waals surface area (Å²) in [4.78, 5) is 17.0. The molecule has 0 aliphatic rings. The van der Waals surface area contributed by atoms with Crippen molar-refractivity contribution in [3.05, 3.63) is 48.0 Å². The Morgan fingerprint density at radius 3 is 3.00 bits per heavy atom. The fourth-order valence-corrected chi connectivity index (χ4v) is 2.12. The quantitative estimate of drug-likeness (QED) is 0.857. The van der Waals surface area contributed by atoms with Crippen LogP contribution in [0.2, 0.25) is 0 Å². The van der Waals surface area contributed by atoms with Crippen LogP contribution in [0.15, 0.2) is 41.7 Å². The number of aromatic nitrogens is 2. The Bertz CT molecular complexity index is 551. The van der Waals surface area contributed by atoms with Crippen molar-refractivity contribution < 1.29 is 4.79 Å². The van der Waals surface area contributed by atoms with Crippen LogP contribution in [0.5, 0.6) is 0 Å². The smallest absolute Gasteiger partial charge is 0.269 e. The van der Waals surface area contributed by atoms with Gasteiger partial charge in [0, 0.05) is 18.5 Å². The van der Waals surface area contributed by atoms with Gasteiger partial charge in [-0.15, -0.1) is 11.8 Å². The number of hydrogen-bond acceptors (Lipinski definition) is 3. The van der Waals surface area contributed by atoms with Crippen molar-refractivity contribution in [2.75, 3.05) is 6.26 Å². The largest absolute Gasteiger partial charge is 0.347 e. The predicted octanol–water partition coefficient (Wildman–Crippen LogP) is 2.07. The molecule has 1 heterocycles. The van der Waals surface area contributed by atoms with Gasteiger partial charge in [0.2, 0.25) is 0 Å². The fourth-order valence-electron chi connectivity index (χ4n) is 1.63. The van der Waals surface area contributed by atoms with Crippen LogP contribution >= 0.6 is 11.8 Å². The van der Waals surface area contributed by atoms with Gasteiger partial charge in [-0.25, -0.2) is 4.98 Å². The molecule has 0 aliphatic heterocycles. The van der Waals surface area contributed by atoms with Crippen LogP contribution in [-0.2, 0) is 13.6 Å². The molecule has 0 atom stereocenters. The number of benzene rings is 1. The normalized spacial score (nSPS) is 10.3. The van der Waals surface area contributed by atoms with Gasteiger partial charge in [0.15, 0.2) is 0 Å². The number of imidazole rings is 1. The first-order valence-corrected chi connectivity index (χ1v) is 6.80. The van der Waals surface area contributed by atoms with E-state index in [-0.39, 0.29) is 5.91 Å². The van der Waals surface area contributed by atoms with E-state index in [2.05, 4.69) is 22.4 Å². The second-order valence-corrected chi connectivity index (χ2v) is 4.80. The van der Waals surface area contributed by atoms with Crippen LogP contribution in [0, 0.1) is 0 Å². The molecule has 0 unspecified atom stereocenters. The predicted molar refractivity (Wildman–Crippen MR) is 72.6 cm³/mol. The van der Waals surface area contributed by atoms with E-state index in [9.17, 15) is 4.79 Å². The van der Waals surface area contributed by atoms with Crippen LogP contribution in [0.1, 0.15) is 16.1 Å². The molecule has 0 bridgehead atoms. The van der Waals surface area contributed by atoms with Crippen molar-refractivity contribution >= 4 is 17.7 Å². The Hall–Kier alpha value is -1.75. The molecule has 0 fully saturated rings. The van der Waals surface area contributed by atoms with Crippen LogP contribution in [-0.4, -0.2) is 21.7 Å². The highest BCUT2D eigenvalue weighted by atomic mass is 32.2. The third-order valence-electron chi connectivity index (χ3n) is 2.64. The van der Waals surface area contributed by atoms with Crippen molar-refractivity contribution in [3.63, 3.8) is 0 Å². The summed E-state index contributed by atoms with van der Waals surface area (Å²) in [6.07, 6.45) is 5.21. The molecule has 0 saturated heterocycles. The lowest BCUT2D eigenvalue weighted by atomic mass is 10.2. The Morgan fingerprint density at radius 1 is 1.50 bits per heavy atom. The number of aryl methyl sites for hydroxylation is 1. The lowest BCUT2D eigenvalue weighted by molar-refractivity contribution is 0.0942. The number of amides is 1. The van der Waals surface area contributed by atoms with Crippen molar-refractivity contribution in [2.24, 2.45) is 7.05 Å². The number of thioether (sulfide) groups is 1. The third-order valence-corrected chi connectivity index (χ3v) is 3.36. The molecule has 2 aromatic rings. The molecule has 1 amide bonds. The van der Waals surface area contributed by atoms with Gasteiger partial charge in [-0.2, -0.15) is 0 Å². The Morgan fingerprint density at radius 2 is 2.33 bits per heavy atom. The molecule has 2 rings (SSSR count). The Kier molecular flexibility index (Phi) is 4.04. The maximum Gasteiger partial charge on any atom is 0.269 e. The first-order chi connectivity index (χ1) is 8.70. The molecule has 5 heteroatoms. The van der Waals surface area contributed by atoms with Gasteiger partial charge in [0.05, 0.1) is 12.5 Å². The van der Waals surface area contributed by atoms with Crippen molar-refractivity contribution in [3.8, 4) is 0 Å². The highest BCUT2D eigenvalue weighted by molar-refractivity contribution is 7.98. The standard InChI is InChI=1S/C13H15N3OS/c1-16-9-14-8-12(16)13(17)15-7-10-4-3-5-11(6-10)18-2/h3-6,8-9H,7H2,1-2H3,(H,15,17). The summed E-state index contributed by atoms with van der Waals surface area (Å²) in [7, 11) is 1.80. The number of carbonyl (C=O) groups is 1. The van der Waals surface area contributed by atoms with Crippen LogP contribution < -0.4 is 5.32 Å². The van der Waals surface area contributed by atoms with Crippen molar-refractivity contribution in [1.82, 2.24) is 14.9 Å². The molecular weight excluding hydrogens is 246 g/mol. The van der Waals surface area contributed by atoms with E-state index < -0.39 is 0 Å². The lowest BCUT2D eigenvalue weighted by Crippen LogP contribution is -2.24. The Balaban J connectivity index is 1.99. The maximum absolute atomic E-state index is 11.9. The van der Waals surface area contributed by atoms with E-state index in [1.54, 1.807) is 35.9 Å². The third kappa shape index (κ3) is 2.92. The van der Waals surface area contributed by atoms with Gasteiger partial charge in [0.25, 0.3) is 5.91 Å². The van der Waals surface area contributed by atoms with E-state index in [1.165, 1.54) is 4.90 Å². The number of rotatable bonds is 4. The topological polar surface area (TPSA) is 46.9 Å². The van der Waals surface area contributed by atoms with Crippen LogP contribution in [0.3, 0.4) is 0 Å². The summed E-state index contributed by atoms with van der Waals surface area (Å²) >= 11 is 1.69. The first-order valence-electron chi connectivity index (χ1n) is 5.58. The van der Waals surface area contributed by atoms with Gasteiger partial charge in [-0.3, -0.25) is 4.79 Å². The number of nitrogens with zero attached hydrogens (tertiary/aromatic N) is 2. The van der Waals surface area contributed by atoms with E-state index in [0.29, 0.717) is 12.2 Å². The highest BCUT2D eigenvalue weighted by Gasteiger charge is 2.08. The minimum atomic E-state index is -0.107. The number of hydrogen-bond donors (Lipinski definition) is 1. The lowest BCUT2D eigenvalue weighted by Gasteiger charge is -2.06. The van der Waals surface area contributed by atoms with Gasteiger partial charge in [0.1, 0.15) is 5.69 Å². The molecule has 1 aromatic carbocycles. The average Bonchev–Trinajstić information content (AvgIpc) is 2.82. The second-order valence-electron chi connectivity index (χ2n) is 3.92. The maximum atomic E-state index is 11.9. The zero-order chi connectivity index (χ0) is 13.0. The second kappa shape index (κ2) is 5.73. The van der Waals surface area contributed by atoms with E-state index in [1.807, 2.05) is 18.4 Å². The zero-order valence-electron chi connectivity index (χ0n) is 10.4. The van der Waals surface area contributed by atoms with Gasteiger partial charge >= 0.3 is 0 Å². The molecule has 4 nitrogen and oxygen atoms in total. The summed E-state index contributed by atoms with van der Waals surface area (Å²) in [6, 6.07) is 8.13. The van der Waals surface area contributed by atoms with Gasteiger partial charge in [-0.05, 0) is 24.0 Å². The van der Waals surface area contributed by atoms with E-state index in [4.69, 9.17) is 0 Å². The molecule has 18 heavy (non-hydrogen) atoms. The monoisotopic (exact) mass is 261 g/mol. The molecule has 94 valence electrons. The molecule has 0 radical (unpaired) electrons. The van der Waals surface area contributed by atoms with Crippen LogP contribution in [0.25, 0.3) is 0 Å². The van der Waals surface area contributed by atoms with Crippen molar-refractivity contribution in [1.29, 1.82) is 0 Å². The number of nitrogens with one attached hydrogen (secondary N) is 1. The molecular formula is C13H15N3OS. The summed E-state index contributed by atoms with van der Waals surface area (Å²) in [5.41, 5.74) is 1.66. The molecule has 1 N–H and O–H groups in total. The minimum absolute atomic E-state index is 0.107. The van der Waals surface area contributed by atoms with Gasteiger partial charge in [-0.1, -0.05) is 12.1 Å². The molecule has 1 aromatic heterocycles. The highest BCUT2D eigenvalue weighted by Crippen LogP contribution is 2.15. The fraction of sp³-hybridized carbons (Fsp3) is 0.231. The average molecular weight is 261 g/mol. The summed E-state index contributed by atoms with van der Waals surface area (Å²) in [5.74, 6) is -0.107. The summed E-state index contributed by atoms with van der Waals surface area (Å²) in [5, 5.41) is 2.88. The molecule has 0 saturated carbocycles. The molecule has 0 aliphatic carbocycles. The van der Waals surface area contributed by atoms with Crippen molar-refractivity contribution in [2.45, 2.75) is 11.4 Å². The van der Waals surface area contributed by atoms with Gasteiger partial charge < -0.3 is 9.88 Å². The summed E-state index contributed by atoms with van der Waals surface area (Å²) < 4.78 is 1.70. The van der Waals surface area contributed by atoms with E-state index >= 15 is 0 Å². The zero-order valence-corrected chi connectivity index (χ0v) is 11.2. The van der Waals surface area contributed by atoms with E-state index in [0.717, 1.165) is 5.56 Å². The number of carbonyl (C=O) groups excluding carboxylic acids is 1. The Labute approximate surface area is 110 Å². The SMILES string of the molecule is CSc1cccc(CNC(=O)c2cncn2C)c1. The first kappa shape index (κ1) is 12.7. The molecule has 0 spiro atoms.